The third kappa shape index (κ3) is 4.23. The minimum atomic E-state index is -0.831. The number of carboxylic acid groups (broad SMARTS) is 1. The maximum Gasteiger partial charge on any atom is 0.322 e. The standard InChI is InChI=1S/C13H20N2O2S/c1-4-18-11-7-5-10(6-8-11)15(3)9-12(14-2)13(16)17/h5-8,12,14H,4,9H2,1-3H3,(H,16,17). The molecule has 0 aliphatic heterocycles. The lowest BCUT2D eigenvalue weighted by Gasteiger charge is -2.23. The average Bonchev–Trinajstić information content (AvgIpc) is 2.36. The quantitative estimate of drug-likeness (QED) is 0.740. The van der Waals surface area contributed by atoms with Crippen LogP contribution in [0, 0.1) is 0 Å². The van der Waals surface area contributed by atoms with Gasteiger partial charge in [-0.3, -0.25) is 4.79 Å². The lowest BCUT2D eigenvalue weighted by atomic mass is 10.2. The van der Waals surface area contributed by atoms with E-state index in [4.69, 9.17) is 5.11 Å². The summed E-state index contributed by atoms with van der Waals surface area (Å²) >= 11 is 1.79. The van der Waals surface area contributed by atoms with Crippen LogP contribution in [0.25, 0.3) is 0 Å². The van der Waals surface area contributed by atoms with Gasteiger partial charge in [-0.05, 0) is 37.1 Å². The summed E-state index contributed by atoms with van der Waals surface area (Å²) in [6.45, 7) is 2.56. The second-order valence-electron chi connectivity index (χ2n) is 3.99. The molecule has 4 nitrogen and oxygen atoms in total. The van der Waals surface area contributed by atoms with Crippen LogP contribution >= 0.6 is 11.8 Å². The van der Waals surface area contributed by atoms with E-state index in [1.165, 1.54) is 4.90 Å². The normalized spacial score (nSPS) is 12.2. The summed E-state index contributed by atoms with van der Waals surface area (Å²) in [5.41, 5.74) is 1.02. The van der Waals surface area contributed by atoms with Crippen molar-refractivity contribution in [1.29, 1.82) is 0 Å². The summed E-state index contributed by atoms with van der Waals surface area (Å²) in [5.74, 6) is 0.221. The topological polar surface area (TPSA) is 52.6 Å². The molecule has 1 aromatic rings. The number of nitrogens with one attached hydrogen (secondary N) is 1. The van der Waals surface area contributed by atoms with Crippen molar-refractivity contribution in [3.63, 3.8) is 0 Å². The molecule has 1 atom stereocenters. The molecule has 2 N–H and O–H groups in total. The van der Waals surface area contributed by atoms with Crippen molar-refractivity contribution >= 4 is 23.4 Å². The van der Waals surface area contributed by atoms with E-state index >= 15 is 0 Å². The first kappa shape index (κ1) is 14.9. The smallest absolute Gasteiger partial charge is 0.322 e. The van der Waals surface area contributed by atoms with Gasteiger partial charge in [-0.15, -0.1) is 11.8 Å². The van der Waals surface area contributed by atoms with Gasteiger partial charge in [0.1, 0.15) is 6.04 Å². The Morgan fingerprint density at radius 1 is 1.44 bits per heavy atom. The molecule has 0 aliphatic rings. The molecule has 0 amide bonds. The zero-order chi connectivity index (χ0) is 13.5. The molecule has 0 saturated carbocycles. The van der Waals surface area contributed by atoms with Gasteiger partial charge >= 0.3 is 5.97 Å². The maximum absolute atomic E-state index is 10.9. The largest absolute Gasteiger partial charge is 0.480 e. The minimum absolute atomic E-state index is 0.437. The number of anilines is 1. The zero-order valence-corrected chi connectivity index (χ0v) is 11.8. The van der Waals surface area contributed by atoms with Gasteiger partial charge in [0.2, 0.25) is 0 Å². The predicted octanol–water partition coefficient (Wildman–Crippen LogP) is 1.91. The van der Waals surface area contributed by atoms with E-state index in [-0.39, 0.29) is 0 Å². The highest BCUT2D eigenvalue weighted by molar-refractivity contribution is 7.99. The fraction of sp³-hybridized carbons (Fsp3) is 0.462. The summed E-state index contributed by atoms with van der Waals surface area (Å²) in [5, 5.41) is 11.8. The molecule has 0 aliphatic carbocycles. The minimum Gasteiger partial charge on any atom is -0.480 e. The van der Waals surface area contributed by atoms with Crippen molar-refractivity contribution in [2.75, 3.05) is 31.3 Å². The maximum atomic E-state index is 10.9. The number of carbonyl (C=O) groups is 1. The SMILES string of the molecule is CCSc1ccc(N(C)CC(NC)C(=O)O)cc1. The molecular weight excluding hydrogens is 248 g/mol. The third-order valence-electron chi connectivity index (χ3n) is 2.69. The van der Waals surface area contributed by atoms with Crippen LogP contribution in [0.15, 0.2) is 29.2 Å². The lowest BCUT2D eigenvalue weighted by Crippen LogP contribution is -2.43. The van der Waals surface area contributed by atoms with E-state index in [1.807, 2.05) is 24.1 Å². The number of hydrogen-bond donors (Lipinski definition) is 2. The molecule has 100 valence electrons. The van der Waals surface area contributed by atoms with E-state index in [2.05, 4.69) is 24.4 Å². The Balaban J connectivity index is 2.65. The average molecular weight is 268 g/mol. The highest BCUT2D eigenvalue weighted by atomic mass is 32.2. The molecular formula is C13H20N2O2S. The van der Waals surface area contributed by atoms with Gasteiger partial charge in [0, 0.05) is 24.2 Å². The first-order valence-electron chi connectivity index (χ1n) is 5.92. The van der Waals surface area contributed by atoms with E-state index in [0.717, 1.165) is 11.4 Å². The highest BCUT2D eigenvalue weighted by Crippen LogP contribution is 2.21. The van der Waals surface area contributed by atoms with Crippen LogP contribution in [0.3, 0.4) is 0 Å². The fourth-order valence-corrected chi connectivity index (χ4v) is 2.30. The Bertz CT molecular complexity index is 381. The van der Waals surface area contributed by atoms with E-state index in [1.54, 1.807) is 18.8 Å². The van der Waals surface area contributed by atoms with Crippen molar-refractivity contribution in [3.8, 4) is 0 Å². The van der Waals surface area contributed by atoms with Crippen molar-refractivity contribution in [2.24, 2.45) is 0 Å². The summed E-state index contributed by atoms with van der Waals surface area (Å²) < 4.78 is 0. The Hall–Kier alpha value is -1.20. The van der Waals surface area contributed by atoms with Crippen molar-refractivity contribution in [3.05, 3.63) is 24.3 Å². The van der Waals surface area contributed by atoms with Crippen LogP contribution in [0.1, 0.15) is 6.92 Å². The first-order chi connectivity index (χ1) is 8.58. The van der Waals surface area contributed by atoms with Gasteiger partial charge in [0.15, 0.2) is 0 Å². The molecule has 5 heteroatoms. The number of benzene rings is 1. The summed E-state index contributed by atoms with van der Waals surface area (Å²) in [6, 6.07) is 7.61. The molecule has 0 aromatic heterocycles. The van der Waals surface area contributed by atoms with Gasteiger partial charge in [0.25, 0.3) is 0 Å². The van der Waals surface area contributed by atoms with Crippen LogP contribution in [0.2, 0.25) is 0 Å². The van der Waals surface area contributed by atoms with Crippen molar-refractivity contribution in [2.45, 2.75) is 17.9 Å². The van der Waals surface area contributed by atoms with Crippen LogP contribution in [0.4, 0.5) is 5.69 Å². The number of hydrogen-bond acceptors (Lipinski definition) is 4. The van der Waals surface area contributed by atoms with Gasteiger partial charge in [0.05, 0.1) is 0 Å². The van der Waals surface area contributed by atoms with Gasteiger partial charge in [-0.1, -0.05) is 6.92 Å². The molecule has 0 heterocycles. The van der Waals surface area contributed by atoms with E-state index in [0.29, 0.717) is 6.54 Å². The second kappa shape index (κ2) is 7.28. The van der Waals surface area contributed by atoms with Crippen molar-refractivity contribution in [1.82, 2.24) is 5.32 Å². The van der Waals surface area contributed by atoms with E-state index < -0.39 is 12.0 Å². The molecule has 1 rings (SSSR count). The molecule has 18 heavy (non-hydrogen) atoms. The van der Waals surface area contributed by atoms with Crippen LogP contribution in [-0.4, -0.2) is 43.5 Å². The Kier molecular flexibility index (Phi) is 6.01. The Morgan fingerprint density at radius 2 is 2.06 bits per heavy atom. The molecule has 0 spiro atoms. The van der Waals surface area contributed by atoms with Crippen molar-refractivity contribution < 1.29 is 9.90 Å². The van der Waals surface area contributed by atoms with Gasteiger partial charge < -0.3 is 15.3 Å². The highest BCUT2D eigenvalue weighted by Gasteiger charge is 2.17. The number of likely N-dealkylation sites (N-methyl/N-ethyl adjacent to an activating group) is 2. The Morgan fingerprint density at radius 3 is 2.50 bits per heavy atom. The van der Waals surface area contributed by atoms with Crippen LogP contribution in [0.5, 0.6) is 0 Å². The molecule has 1 unspecified atom stereocenters. The molecule has 0 bridgehead atoms. The number of rotatable bonds is 7. The lowest BCUT2D eigenvalue weighted by molar-refractivity contribution is -0.139. The molecule has 0 saturated heterocycles. The number of aliphatic carboxylic acids is 1. The summed E-state index contributed by atoms with van der Waals surface area (Å²) in [6.07, 6.45) is 0. The summed E-state index contributed by atoms with van der Waals surface area (Å²) in [4.78, 5) is 14.1. The summed E-state index contributed by atoms with van der Waals surface area (Å²) in [7, 11) is 3.56. The van der Waals surface area contributed by atoms with Gasteiger partial charge in [-0.2, -0.15) is 0 Å². The fourth-order valence-electron chi connectivity index (χ4n) is 1.64. The van der Waals surface area contributed by atoms with Crippen LogP contribution < -0.4 is 10.2 Å². The Labute approximate surface area is 112 Å². The molecule has 0 radical (unpaired) electrons. The monoisotopic (exact) mass is 268 g/mol. The zero-order valence-electron chi connectivity index (χ0n) is 11.0. The van der Waals surface area contributed by atoms with Crippen LogP contribution in [-0.2, 0) is 4.79 Å². The molecule has 0 fully saturated rings. The first-order valence-corrected chi connectivity index (χ1v) is 6.91. The predicted molar refractivity (Wildman–Crippen MR) is 76.6 cm³/mol. The molecule has 1 aromatic carbocycles. The number of thioether (sulfide) groups is 1. The van der Waals surface area contributed by atoms with Gasteiger partial charge in [-0.25, -0.2) is 0 Å². The van der Waals surface area contributed by atoms with E-state index in [9.17, 15) is 4.79 Å². The number of carboxylic acids is 1. The number of nitrogens with zero attached hydrogens (tertiary/aromatic N) is 1. The third-order valence-corrected chi connectivity index (χ3v) is 3.59. The second-order valence-corrected chi connectivity index (χ2v) is 5.32.